The van der Waals surface area contributed by atoms with Gasteiger partial charge in [-0.2, -0.15) is 0 Å². The molecule has 3 aromatic rings. The molecule has 0 atom stereocenters. The SMILES string of the molecule is C.CC(O)(P(=O)(O)O)P(=O)(O)O.Nc1ccc(-c2ccc(N)cc2)cc1.Nc1cnccn1. The molecule has 0 unspecified atom stereocenters. The van der Waals surface area contributed by atoms with Gasteiger partial charge in [-0.05, 0) is 42.3 Å². The molecule has 1 heterocycles. The van der Waals surface area contributed by atoms with E-state index in [0.29, 0.717) is 12.7 Å². The second-order valence-electron chi connectivity index (χ2n) is 6.43. The van der Waals surface area contributed by atoms with E-state index in [2.05, 4.69) is 9.97 Å². The van der Waals surface area contributed by atoms with Gasteiger partial charge in [0.2, 0.25) is 0 Å². The van der Waals surface area contributed by atoms with Crippen molar-refractivity contribution in [1.82, 2.24) is 9.97 Å². The molecular weight excluding hydrogens is 472 g/mol. The average molecular weight is 501 g/mol. The van der Waals surface area contributed by atoms with E-state index in [-0.39, 0.29) is 7.43 Å². The molecule has 0 aliphatic carbocycles. The Balaban J connectivity index is 0.000000484. The van der Waals surface area contributed by atoms with E-state index in [1.54, 1.807) is 12.4 Å². The standard InChI is InChI=1S/C12H12N2.C4H5N3.C2H8O7P2.CH4/c13-11-5-1-9(2-6-11)10-3-7-12(14)8-4-10;5-4-3-6-1-2-7-4;1-2(3,10(4,5)6)11(7,8)9;/h1-8H,13-14H2;1-3H,(H2,5,7);3H,1H3,(H2,4,5,6)(H2,7,8,9);1H4. The van der Waals surface area contributed by atoms with E-state index in [1.807, 2.05) is 48.5 Å². The third-order valence-corrected chi connectivity index (χ3v) is 7.61. The highest BCUT2D eigenvalue weighted by Gasteiger charge is 2.55. The average Bonchev–Trinajstić information content (AvgIpc) is 2.69. The van der Waals surface area contributed by atoms with E-state index in [1.165, 1.54) is 6.20 Å². The predicted octanol–water partition coefficient (Wildman–Crippen LogP) is 2.22. The third kappa shape index (κ3) is 9.68. The number of nitrogen functional groups attached to an aromatic ring is 3. The maximum absolute atomic E-state index is 10.3. The van der Waals surface area contributed by atoms with Crippen molar-refractivity contribution >= 4 is 32.4 Å². The smallest absolute Gasteiger partial charge is 0.369 e. The highest BCUT2D eigenvalue weighted by atomic mass is 31.2. The van der Waals surface area contributed by atoms with Crippen molar-refractivity contribution in [2.45, 2.75) is 19.4 Å². The van der Waals surface area contributed by atoms with E-state index < -0.39 is 20.3 Å². The highest BCUT2D eigenvalue weighted by molar-refractivity contribution is 7.71. The van der Waals surface area contributed by atoms with E-state index in [0.717, 1.165) is 22.5 Å². The van der Waals surface area contributed by atoms with Crippen LogP contribution in [-0.2, 0) is 9.13 Å². The van der Waals surface area contributed by atoms with Gasteiger partial charge in [-0.15, -0.1) is 0 Å². The first kappa shape index (κ1) is 30.2. The first-order chi connectivity index (χ1) is 14.6. The number of hydrogen-bond donors (Lipinski definition) is 8. The molecule has 0 fully saturated rings. The van der Waals surface area contributed by atoms with Gasteiger partial charge in [0.25, 0.3) is 5.08 Å². The van der Waals surface area contributed by atoms with Gasteiger partial charge >= 0.3 is 15.2 Å². The van der Waals surface area contributed by atoms with Crippen molar-refractivity contribution in [2.24, 2.45) is 0 Å². The Hall–Kier alpha value is -2.82. The minimum Gasteiger partial charge on any atom is -0.399 e. The topological polar surface area (TPSA) is 239 Å². The summed E-state index contributed by atoms with van der Waals surface area (Å²) in [7, 11) is -10.4. The highest BCUT2D eigenvalue weighted by Crippen LogP contribution is 2.66. The number of aliphatic hydroxyl groups is 1. The lowest BCUT2D eigenvalue weighted by molar-refractivity contribution is 0.146. The molecule has 11 N–H and O–H groups in total. The second-order valence-corrected chi connectivity index (χ2v) is 10.7. The van der Waals surface area contributed by atoms with Gasteiger partial charge in [-0.3, -0.25) is 14.1 Å². The number of anilines is 3. The molecule has 0 spiro atoms. The van der Waals surface area contributed by atoms with E-state index in [9.17, 15) is 9.13 Å². The largest absolute Gasteiger partial charge is 0.399 e. The fraction of sp³-hybridized carbons (Fsp3) is 0.158. The van der Waals surface area contributed by atoms with Crippen LogP contribution in [0.1, 0.15) is 14.4 Å². The molecule has 0 saturated carbocycles. The maximum Gasteiger partial charge on any atom is 0.369 e. The summed E-state index contributed by atoms with van der Waals surface area (Å²) in [5.41, 5.74) is 20.3. The summed E-state index contributed by atoms with van der Waals surface area (Å²) in [5.74, 6) is 0.461. The van der Waals surface area contributed by atoms with Crippen LogP contribution in [0.15, 0.2) is 67.1 Å². The zero-order valence-corrected chi connectivity index (χ0v) is 18.7. The van der Waals surface area contributed by atoms with Crippen LogP contribution in [0.5, 0.6) is 0 Å². The van der Waals surface area contributed by atoms with Crippen molar-refractivity contribution in [3.05, 3.63) is 67.1 Å². The Morgan fingerprint density at radius 2 is 1.12 bits per heavy atom. The van der Waals surface area contributed by atoms with Gasteiger partial charge in [-0.25, -0.2) is 4.98 Å². The summed E-state index contributed by atoms with van der Waals surface area (Å²) in [6.07, 6.45) is 4.63. The quantitative estimate of drug-likeness (QED) is 0.190. The van der Waals surface area contributed by atoms with Crippen LogP contribution in [0.4, 0.5) is 17.2 Å². The monoisotopic (exact) mass is 501 g/mol. The lowest BCUT2D eigenvalue weighted by atomic mass is 10.1. The second kappa shape index (κ2) is 12.4. The van der Waals surface area contributed by atoms with Crippen LogP contribution in [0.25, 0.3) is 11.1 Å². The maximum atomic E-state index is 10.3. The molecule has 0 amide bonds. The van der Waals surface area contributed by atoms with Crippen molar-refractivity contribution in [2.75, 3.05) is 17.2 Å². The van der Waals surface area contributed by atoms with Crippen LogP contribution >= 0.6 is 15.2 Å². The first-order valence-corrected chi connectivity index (χ1v) is 11.9. The van der Waals surface area contributed by atoms with Crippen LogP contribution in [-0.4, -0.2) is 39.7 Å². The summed E-state index contributed by atoms with van der Waals surface area (Å²) >= 11 is 0. The Kier molecular flexibility index (Phi) is 11.4. The molecule has 33 heavy (non-hydrogen) atoms. The Morgan fingerprint density at radius 3 is 1.30 bits per heavy atom. The van der Waals surface area contributed by atoms with Crippen molar-refractivity contribution in [3.63, 3.8) is 0 Å². The number of nitrogens with two attached hydrogens (primary N) is 3. The molecule has 14 heteroatoms. The number of hydrogen-bond acceptors (Lipinski definition) is 8. The minimum atomic E-state index is -5.20. The van der Waals surface area contributed by atoms with Gasteiger partial charge in [0.05, 0.1) is 6.20 Å². The van der Waals surface area contributed by atoms with E-state index >= 15 is 0 Å². The van der Waals surface area contributed by atoms with Crippen LogP contribution in [0.3, 0.4) is 0 Å². The zero-order valence-electron chi connectivity index (χ0n) is 16.9. The lowest BCUT2D eigenvalue weighted by Crippen LogP contribution is -2.23. The van der Waals surface area contributed by atoms with Crippen LogP contribution in [0, 0.1) is 0 Å². The summed E-state index contributed by atoms with van der Waals surface area (Å²) < 4.78 is 20.5. The Labute approximate surface area is 191 Å². The molecule has 1 aromatic heterocycles. The molecule has 3 rings (SSSR count). The first-order valence-electron chi connectivity index (χ1n) is 8.71. The summed E-state index contributed by atoms with van der Waals surface area (Å²) in [4.78, 5) is 40.4. The third-order valence-electron chi connectivity index (χ3n) is 3.84. The number of rotatable bonds is 3. The number of benzene rings is 2. The van der Waals surface area contributed by atoms with Crippen molar-refractivity contribution in [1.29, 1.82) is 0 Å². The molecular formula is C19H29N5O7P2. The molecule has 12 nitrogen and oxygen atoms in total. The molecule has 0 radical (unpaired) electrons. The lowest BCUT2D eigenvalue weighted by Gasteiger charge is -2.24. The summed E-state index contributed by atoms with van der Waals surface area (Å²) in [6.45, 7) is 0.383. The van der Waals surface area contributed by atoms with Crippen LogP contribution in [0.2, 0.25) is 0 Å². The molecule has 182 valence electrons. The fourth-order valence-corrected chi connectivity index (χ4v) is 3.19. The normalized spacial score (nSPS) is 11.1. The van der Waals surface area contributed by atoms with Gasteiger partial charge in [0, 0.05) is 23.8 Å². The number of nitrogens with zero attached hydrogens (tertiary/aromatic N) is 2. The van der Waals surface area contributed by atoms with Gasteiger partial charge in [-0.1, -0.05) is 31.7 Å². The molecule has 2 aromatic carbocycles. The fourth-order valence-electron chi connectivity index (χ4n) is 1.83. The van der Waals surface area contributed by atoms with Crippen molar-refractivity contribution in [3.8, 4) is 11.1 Å². The van der Waals surface area contributed by atoms with Gasteiger partial charge in [0.1, 0.15) is 5.82 Å². The molecule has 0 saturated heterocycles. The Bertz CT molecular complexity index is 1000. The van der Waals surface area contributed by atoms with Gasteiger partial charge in [0.15, 0.2) is 0 Å². The molecule has 0 bridgehead atoms. The minimum absolute atomic E-state index is 0. The number of aromatic nitrogens is 2. The Morgan fingerprint density at radius 1 is 0.758 bits per heavy atom. The summed E-state index contributed by atoms with van der Waals surface area (Å²) in [6, 6.07) is 15.6. The van der Waals surface area contributed by atoms with E-state index in [4.69, 9.17) is 41.9 Å². The molecule has 0 aliphatic rings. The van der Waals surface area contributed by atoms with Crippen LogP contribution < -0.4 is 17.2 Å². The predicted molar refractivity (Wildman–Crippen MR) is 129 cm³/mol. The van der Waals surface area contributed by atoms with Crippen molar-refractivity contribution < 1.29 is 33.8 Å². The zero-order chi connectivity index (χ0) is 24.6. The summed E-state index contributed by atoms with van der Waals surface area (Å²) in [5, 5.41) is 5.37. The molecule has 0 aliphatic heterocycles. The van der Waals surface area contributed by atoms with Gasteiger partial charge < -0.3 is 41.9 Å².